The van der Waals surface area contributed by atoms with Crippen molar-refractivity contribution in [1.82, 2.24) is 10.2 Å². The summed E-state index contributed by atoms with van der Waals surface area (Å²) in [5.74, 6) is 0.630. The number of hydrogen-bond acceptors (Lipinski definition) is 2. The zero-order chi connectivity index (χ0) is 11.0. The molecule has 1 amide bonds. The van der Waals surface area contributed by atoms with E-state index in [1.54, 1.807) is 19.0 Å². The molecule has 15 heavy (non-hydrogen) atoms. The second-order valence-corrected chi connectivity index (χ2v) is 4.96. The van der Waals surface area contributed by atoms with E-state index >= 15 is 0 Å². The second-order valence-electron chi connectivity index (χ2n) is 4.96. The van der Waals surface area contributed by atoms with Gasteiger partial charge in [-0.2, -0.15) is 0 Å². The lowest BCUT2D eigenvalue weighted by atomic mass is 9.84. The van der Waals surface area contributed by atoms with Crippen LogP contribution >= 0.6 is 0 Å². The van der Waals surface area contributed by atoms with E-state index in [9.17, 15) is 9.18 Å². The molecule has 0 aromatic carbocycles. The molecule has 2 aliphatic rings. The van der Waals surface area contributed by atoms with Crippen LogP contribution in [0, 0.1) is 5.92 Å². The summed E-state index contributed by atoms with van der Waals surface area (Å²) in [6, 6.07) is 0.142. The molecular weight excluding hydrogens is 195 g/mol. The van der Waals surface area contributed by atoms with Crippen LogP contribution in [0.1, 0.15) is 25.7 Å². The first-order chi connectivity index (χ1) is 7.08. The molecule has 3 nitrogen and oxygen atoms in total. The molecule has 1 aliphatic carbocycles. The predicted molar refractivity (Wildman–Crippen MR) is 56.3 cm³/mol. The zero-order valence-electron chi connectivity index (χ0n) is 9.37. The van der Waals surface area contributed by atoms with Crippen LogP contribution in [0.4, 0.5) is 4.39 Å². The molecule has 1 saturated carbocycles. The Morgan fingerprint density at radius 2 is 2.07 bits per heavy atom. The van der Waals surface area contributed by atoms with Crippen LogP contribution in [0.5, 0.6) is 0 Å². The molecule has 2 fully saturated rings. The molecule has 0 aromatic rings. The predicted octanol–water partition coefficient (Wildman–Crippen LogP) is 0.943. The normalized spacial score (nSPS) is 39.9. The maximum atomic E-state index is 13.2. The summed E-state index contributed by atoms with van der Waals surface area (Å²) in [5.41, 5.74) is 0. The van der Waals surface area contributed by atoms with Crippen molar-refractivity contribution >= 4 is 5.91 Å². The summed E-state index contributed by atoms with van der Waals surface area (Å²) >= 11 is 0. The van der Waals surface area contributed by atoms with Gasteiger partial charge in [0.1, 0.15) is 6.17 Å². The van der Waals surface area contributed by atoms with E-state index in [0.717, 1.165) is 12.8 Å². The van der Waals surface area contributed by atoms with Gasteiger partial charge in [0.2, 0.25) is 5.91 Å². The molecule has 1 heterocycles. The average Bonchev–Trinajstić information content (AvgIpc) is 2.58. The summed E-state index contributed by atoms with van der Waals surface area (Å²) in [4.78, 5) is 13.4. The van der Waals surface area contributed by atoms with Crippen LogP contribution < -0.4 is 5.32 Å². The fourth-order valence-corrected chi connectivity index (χ4v) is 2.78. The minimum atomic E-state index is -0.674. The van der Waals surface area contributed by atoms with Crippen molar-refractivity contribution in [3.8, 4) is 0 Å². The summed E-state index contributed by atoms with van der Waals surface area (Å²) in [6.07, 6.45) is 2.39. The lowest BCUT2D eigenvalue weighted by Gasteiger charge is -2.27. The van der Waals surface area contributed by atoms with Crippen LogP contribution in [0.3, 0.4) is 0 Å². The monoisotopic (exact) mass is 214 g/mol. The standard InChI is InChI=1S/C11H19FN2O/c1-14(2)11(15)10-5-7-3-4-8(12)6-9(7)13-10/h7-10,13H,3-6H2,1-2H3. The van der Waals surface area contributed by atoms with E-state index in [0.29, 0.717) is 18.8 Å². The van der Waals surface area contributed by atoms with E-state index in [1.165, 1.54) is 0 Å². The number of fused-ring (bicyclic) bond motifs is 1. The highest BCUT2D eigenvalue weighted by atomic mass is 19.1. The molecule has 1 saturated heterocycles. The highest BCUT2D eigenvalue weighted by Crippen LogP contribution is 2.34. The third-order valence-corrected chi connectivity index (χ3v) is 3.62. The molecule has 4 heteroatoms. The Kier molecular flexibility index (Phi) is 2.96. The van der Waals surface area contributed by atoms with Crippen molar-refractivity contribution in [3.05, 3.63) is 0 Å². The van der Waals surface area contributed by atoms with Gasteiger partial charge in [-0.15, -0.1) is 0 Å². The molecule has 0 spiro atoms. The zero-order valence-corrected chi connectivity index (χ0v) is 9.37. The largest absolute Gasteiger partial charge is 0.347 e. The van der Waals surface area contributed by atoms with Crippen LogP contribution in [-0.4, -0.2) is 43.2 Å². The minimum absolute atomic E-state index is 0.0831. The van der Waals surface area contributed by atoms with Crippen molar-refractivity contribution in [1.29, 1.82) is 0 Å². The molecule has 2 rings (SSSR count). The minimum Gasteiger partial charge on any atom is -0.347 e. The molecule has 0 radical (unpaired) electrons. The number of nitrogens with zero attached hydrogens (tertiary/aromatic N) is 1. The van der Waals surface area contributed by atoms with E-state index < -0.39 is 6.17 Å². The summed E-state index contributed by atoms with van der Waals surface area (Å²) < 4.78 is 13.2. The maximum absolute atomic E-state index is 13.2. The maximum Gasteiger partial charge on any atom is 0.239 e. The first kappa shape index (κ1) is 10.9. The van der Waals surface area contributed by atoms with Gasteiger partial charge >= 0.3 is 0 Å². The number of carbonyl (C=O) groups excluding carboxylic acids is 1. The molecule has 0 aromatic heterocycles. The number of rotatable bonds is 1. The topological polar surface area (TPSA) is 32.3 Å². The first-order valence-corrected chi connectivity index (χ1v) is 5.69. The van der Waals surface area contributed by atoms with Crippen LogP contribution in [0.2, 0.25) is 0 Å². The number of hydrogen-bond donors (Lipinski definition) is 1. The van der Waals surface area contributed by atoms with Crippen LogP contribution in [-0.2, 0) is 4.79 Å². The quantitative estimate of drug-likeness (QED) is 0.704. The Balaban J connectivity index is 1.96. The summed E-state index contributed by atoms with van der Waals surface area (Å²) in [7, 11) is 3.54. The number of carbonyl (C=O) groups is 1. The fraction of sp³-hybridized carbons (Fsp3) is 0.909. The molecule has 86 valence electrons. The molecule has 4 atom stereocenters. The lowest BCUT2D eigenvalue weighted by molar-refractivity contribution is -0.130. The number of nitrogens with one attached hydrogen (secondary N) is 1. The Morgan fingerprint density at radius 3 is 2.73 bits per heavy atom. The molecule has 0 bridgehead atoms. The summed E-state index contributed by atoms with van der Waals surface area (Å²) in [5, 5.41) is 3.27. The Labute approximate surface area is 90.0 Å². The SMILES string of the molecule is CN(C)C(=O)C1CC2CCC(F)CC2N1. The fourth-order valence-electron chi connectivity index (χ4n) is 2.78. The van der Waals surface area contributed by atoms with E-state index in [2.05, 4.69) is 5.32 Å². The number of likely N-dealkylation sites (N-methyl/N-ethyl adjacent to an activating group) is 1. The number of amides is 1. The first-order valence-electron chi connectivity index (χ1n) is 5.69. The smallest absolute Gasteiger partial charge is 0.239 e. The third-order valence-electron chi connectivity index (χ3n) is 3.62. The van der Waals surface area contributed by atoms with Gasteiger partial charge in [0.05, 0.1) is 6.04 Å². The van der Waals surface area contributed by atoms with Gasteiger partial charge in [0.15, 0.2) is 0 Å². The van der Waals surface area contributed by atoms with Gasteiger partial charge in [-0.25, -0.2) is 4.39 Å². The molecular formula is C11H19FN2O. The van der Waals surface area contributed by atoms with Crippen molar-refractivity contribution in [2.45, 2.75) is 43.9 Å². The summed E-state index contributed by atoms with van der Waals surface area (Å²) in [6.45, 7) is 0. The molecule has 1 aliphatic heterocycles. The van der Waals surface area contributed by atoms with Gasteiger partial charge in [0.25, 0.3) is 0 Å². The number of halogens is 1. The van der Waals surface area contributed by atoms with Gasteiger partial charge in [-0.05, 0) is 31.6 Å². The lowest BCUT2D eigenvalue weighted by Crippen LogP contribution is -2.43. The third kappa shape index (κ3) is 2.14. The van der Waals surface area contributed by atoms with Crippen molar-refractivity contribution in [3.63, 3.8) is 0 Å². The van der Waals surface area contributed by atoms with Crippen LogP contribution in [0.15, 0.2) is 0 Å². The molecule has 4 unspecified atom stereocenters. The van der Waals surface area contributed by atoms with Crippen molar-refractivity contribution < 1.29 is 9.18 Å². The average molecular weight is 214 g/mol. The van der Waals surface area contributed by atoms with Gasteiger partial charge in [0, 0.05) is 20.1 Å². The Bertz CT molecular complexity index is 257. The highest BCUT2D eigenvalue weighted by Gasteiger charge is 2.41. The Morgan fingerprint density at radius 1 is 1.33 bits per heavy atom. The van der Waals surface area contributed by atoms with Crippen LogP contribution in [0.25, 0.3) is 0 Å². The van der Waals surface area contributed by atoms with E-state index in [4.69, 9.17) is 0 Å². The second kappa shape index (κ2) is 4.08. The highest BCUT2D eigenvalue weighted by molar-refractivity contribution is 5.81. The molecule has 1 N–H and O–H groups in total. The van der Waals surface area contributed by atoms with E-state index in [-0.39, 0.29) is 18.0 Å². The van der Waals surface area contributed by atoms with Crippen molar-refractivity contribution in [2.75, 3.05) is 14.1 Å². The van der Waals surface area contributed by atoms with Crippen molar-refractivity contribution in [2.24, 2.45) is 5.92 Å². The Hall–Kier alpha value is -0.640. The van der Waals surface area contributed by atoms with Gasteiger partial charge < -0.3 is 10.2 Å². The van der Waals surface area contributed by atoms with E-state index in [1.807, 2.05) is 0 Å². The van der Waals surface area contributed by atoms with Gasteiger partial charge in [-0.3, -0.25) is 4.79 Å². The van der Waals surface area contributed by atoms with Gasteiger partial charge in [-0.1, -0.05) is 0 Å². The number of alkyl halides is 1.